The lowest BCUT2D eigenvalue weighted by Gasteiger charge is -2.12. The number of nitrogens with one attached hydrogen (secondary N) is 3. The van der Waals surface area contributed by atoms with Crippen LogP contribution in [-0.2, 0) is 19.6 Å². The molecule has 24 heavy (non-hydrogen) atoms. The van der Waals surface area contributed by atoms with Gasteiger partial charge in [0.15, 0.2) is 0 Å². The Bertz CT molecular complexity index is 690. The monoisotopic (exact) mass is 359 g/mol. The van der Waals surface area contributed by atoms with Crippen molar-refractivity contribution in [1.29, 1.82) is 0 Å². The summed E-state index contributed by atoms with van der Waals surface area (Å²) >= 11 is 0. The van der Waals surface area contributed by atoms with Crippen LogP contribution in [-0.4, -0.2) is 54.1 Å². The Hall–Kier alpha value is -2.33. The molecule has 0 aromatic heterocycles. The van der Waals surface area contributed by atoms with E-state index in [0.717, 1.165) is 0 Å². The fourth-order valence-corrected chi connectivity index (χ4v) is 2.90. The standard InChI is InChI=1S/C14H21N3O6S/c1-4-15-13(18)8-16-14(19)9-17-24(20,21)12-7-10(22-2)5-6-11(12)23-3/h5-7,17H,4,8-9H2,1-3H3,(H,15,18)(H,16,19). The first-order valence-electron chi connectivity index (χ1n) is 7.09. The molecule has 0 fully saturated rings. The summed E-state index contributed by atoms with van der Waals surface area (Å²) in [7, 11) is -1.26. The molecule has 0 heterocycles. The molecule has 0 aliphatic carbocycles. The number of amides is 2. The van der Waals surface area contributed by atoms with Crippen LogP contribution < -0.4 is 24.8 Å². The molecule has 3 N–H and O–H groups in total. The maximum Gasteiger partial charge on any atom is 0.244 e. The highest BCUT2D eigenvalue weighted by molar-refractivity contribution is 7.89. The molecule has 0 spiro atoms. The number of ether oxygens (including phenoxy) is 2. The molecule has 0 unspecified atom stereocenters. The highest BCUT2D eigenvalue weighted by atomic mass is 32.2. The van der Waals surface area contributed by atoms with Gasteiger partial charge in [-0.2, -0.15) is 0 Å². The minimum atomic E-state index is -4.00. The molecule has 0 radical (unpaired) electrons. The number of benzene rings is 1. The van der Waals surface area contributed by atoms with E-state index in [1.165, 1.54) is 26.4 Å². The van der Waals surface area contributed by atoms with Gasteiger partial charge >= 0.3 is 0 Å². The third-order valence-electron chi connectivity index (χ3n) is 2.90. The molecule has 0 saturated carbocycles. The Morgan fingerprint density at radius 3 is 2.29 bits per heavy atom. The van der Waals surface area contributed by atoms with E-state index < -0.39 is 22.5 Å². The Labute approximate surface area is 140 Å². The van der Waals surface area contributed by atoms with Gasteiger partial charge < -0.3 is 20.1 Å². The van der Waals surface area contributed by atoms with E-state index in [-0.39, 0.29) is 23.1 Å². The van der Waals surface area contributed by atoms with Gasteiger partial charge in [-0.1, -0.05) is 0 Å². The number of hydrogen-bond acceptors (Lipinski definition) is 6. The van der Waals surface area contributed by atoms with Crippen LogP contribution in [0.3, 0.4) is 0 Å². The molecule has 1 rings (SSSR count). The van der Waals surface area contributed by atoms with Gasteiger partial charge in [0, 0.05) is 12.6 Å². The van der Waals surface area contributed by atoms with Crippen LogP contribution in [0, 0.1) is 0 Å². The summed E-state index contributed by atoms with van der Waals surface area (Å²) < 4.78 is 36.8. The van der Waals surface area contributed by atoms with Crippen LogP contribution in [0.1, 0.15) is 6.92 Å². The van der Waals surface area contributed by atoms with Gasteiger partial charge in [0.2, 0.25) is 21.8 Å². The lowest BCUT2D eigenvalue weighted by atomic mass is 10.3. The molecule has 0 bridgehead atoms. The maximum absolute atomic E-state index is 12.3. The van der Waals surface area contributed by atoms with Gasteiger partial charge in [0.1, 0.15) is 16.4 Å². The van der Waals surface area contributed by atoms with Crippen molar-refractivity contribution in [2.75, 3.05) is 33.9 Å². The summed E-state index contributed by atoms with van der Waals surface area (Å²) in [5, 5.41) is 4.81. The molecule has 0 atom stereocenters. The van der Waals surface area contributed by atoms with E-state index >= 15 is 0 Å². The van der Waals surface area contributed by atoms with Gasteiger partial charge in [-0.3, -0.25) is 9.59 Å². The Kier molecular flexibility index (Phi) is 7.46. The van der Waals surface area contributed by atoms with Crippen molar-refractivity contribution in [1.82, 2.24) is 15.4 Å². The van der Waals surface area contributed by atoms with Crippen LogP contribution >= 0.6 is 0 Å². The van der Waals surface area contributed by atoms with Crippen LogP contribution in [0.4, 0.5) is 0 Å². The van der Waals surface area contributed by atoms with E-state index in [1.54, 1.807) is 13.0 Å². The van der Waals surface area contributed by atoms with E-state index in [0.29, 0.717) is 12.3 Å². The molecule has 1 aromatic carbocycles. The predicted molar refractivity (Wildman–Crippen MR) is 86.4 cm³/mol. The number of hydrogen-bond donors (Lipinski definition) is 3. The van der Waals surface area contributed by atoms with Crippen molar-refractivity contribution in [2.24, 2.45) is 0 Å². The van der Waals surface area contributed by atoms with Gasteiger partial charge in [0.25, 0.3) is 0 Å². The number of methoxy groups -OCH3 is 2. The molecular weight excluding hydrogens is 338 g/mol. The Morgan fingerprint density at radius 2 is 1.71 bits per heavy atom. The summed E-state index contributed by atoms with van der Waals surface area (Å²) in [5.74, 6) is -0.544. The quantitative estimate of drug-likeness (QED) is 0.532. The number of carbonyl (C=O) groups excluding carboxylic acids is 2. The summed E-state index contributed by atoms with van der Waals surface area (Å²) in [6, 6.07) is 4.28. The van der Waals surface area contributed by atoms with Crippen molar-refractivity contribution < 1.29 is 27.5 Å². The van der Waals surface area contributed by atoms with Crippen molar-refractivity contribution in [3.05, 3.63) is 18.2 Å². The lowest BCUT2D eigenvalue weighted by Crippen LogP contribution is -2.41. The summed E-state index contributed by atoms with van der Waals surface area (Å²) in [6.45, 7) is 1.45. The maximum atomic E-state index is 12.3. The lowest BCUT2D eigenvalue weighted by molar-refractivity contribution is -0.125. The summed E-state index contributed by atoms with van der Waals surface area (Å²) in [4.78, 5) is 22.7. The molecule has 2 amide bonds. The van der Waals surface area contributed by atoms with Crippen molar-refractivity contribution in [3.8, 4) is 11.5 Å². The van der Waals surface area contributed by atoms with Crippen LogP contribution in [0.5, 0.6) is 11.5 Å². The van der Waals surface area contributed by atoms with E-state index in [1.807, 2.05) is 0 Å². The minimum absolute atomic E-state index is 0.117. The average molecular weight is 359 g/mol. The van der Waals surface area contributed by atoms with Crippen LogP contribution in [0.25, 0.3) is 0 Å². The first kappa shape index (κ1) is 19.7. The second-order valence-corrected chi connectivity index (χ2v) is 6.31. The normalized spacial score (nSPS) is 10.8. The van der Waals surface area contributed by atoms with E-state index in [2.05, 4.69) is 15.4 Å². The summed E-state index contributed by atoms with van der Waals surface area (Å²) in [6.07, 6.45) is 0. The predicted octanol–water partition coefficient (Wildman–Crippen LogP) is -0.766. The molecule has 9 nitrogen and oxygen atoms in total. The zero-order valence-electron chi connectivity index (χ0n) is 13.7. The fourth-order valence-electron chi connectivity index (χ4n) is 1.73. The largest absolute Gasteiger partial charge is 0.497 e. The highest BCUT2D eigenvalue weighted by Crippen LogP contribution is 2.27. The third-order valence-corrected chi connectivity index (χ3v) is 4.33. The van der Waals surface area contributed by atoms with Gasteiger partial charge in [0.05, 0.1) is 27.3 Å². The Balaban J connectivity index is 2.73. The third kappa shape index (κ3) is 5.70. The van der Waals surface area contributed by atoms with Gasteiger partial charge in [-0.05, 0) is 19.1 Å². The molecule has 0 aliphatic rings. The Morgan fingerprint density at radius 1 is 1.04 bits per heavy atom. The smallest absolute Gasteiger partial charge is 0.244 e. The first-order valence-corrected chi connectivity index (χ1v) is 8.57. The van der Waals surface area contributed by atoms with Crippen LogP contribution in [0.2, 0.25) is 0 Å². The second-order valence-electron chi connectivity index (χ2n) is 4.57. The van der Waals surface area contributed by atoms with Gasteiger partial charge in [-0.25, -0.2) is 13.1 Å². The average Bonchev–Trinajstić information content (AvgIpc) is 2.57. The van der Waals surface area contributed by atoms with Gasteiger partial charge in [-0.15, -0.1) is 0 Å². The zero-order chi connectivity index (χ0) is 18.2. The molecule has 1 aromatic rings. The van der Waals surface area contributed by atoms with Crippen molar-refractivity contribution in [3.63, 3.8) is 0 Å². The summed E-state index contributed by atoms with van der Waals surface area (Å²) in [5.41, 5.74) is 0. The SMILES string of the molecule is CCNC(=O)CNC(=O)CNS(=O)(=O)c1cc(OC)ccc1OC. The molecular formula is C14H21N3O6S. The zero-order valence-corrected chi connectivity index (χ0v) is 14.5. The molecule has 10 heteroatoms. The first-order chi connectivity index (χ1) is 11.3. The van der Waals surface area contributed by atoms with Crippen LogP contribution in [0.15, 0.2) is 23.1 Å². The fraction of sp³-hybridized carbons (Fsp3) is 0.429. The van der Waals surface area contributed by atoms with Crippen molar-refractivity contribution >= 4 is 21.8 Å². The number of carbonyl (C=O) groups is 2. The topological polar surface area (TPSA) is 123 Å². The van der Waals surface area contributed by atoms with E-state index in [4.69, 9.17) is 9.47 Å². The van der Waals surface area contributed by atoms with Crippen molar-refractivity contribution in [2.45, 2.75) is 11.8 Å². The highest BCUT2D eigenvalue weighted by Gasteiger charge is 2.21. The second kappa shape index (κ2) is 9.08. The minimum Gasteiger partial charge on any atom is -0.497 e. The molecule has 0 aliphatic heterocycles. The molecule has 134 valence electrons. The molecule has 0 saturated heterocycles. The number of rotatable bonds is 9. The number of sulfonamides is 1. The number of likely N-dealkylation sites (N-methyl/N-ethyl adjacent to an activating group) is 1. The van der Waals surface area contributed by atoms with E-state index in [9.17, 15) is 18.0 Å².